The minimum atomic E-state index is 0.0301. The number of nitrogens with one attached hydrogen (secondary N) is 1. The normalized spacial score (nSPS) is 16.6. The molecule has 0 radical (unpaired) electrons. The van der Waals surface area contributed by atoms with Crippen LogP contribution in [0.3, 0.4) is 0 Å². The van der Waals surface area contributed by atoms with Crippen LogP contribution >= 0.6 is 0 Å². The largest absolute Gasteiger partial charge is 0.281 e. The number of para-hydroxylation sites is 1. The van der Waals surface area contributed by atoms with E-state index in [1.807, 2.05) is 28.9 Å². The first-order chi connectivity index (χ1) is 6.36. The molecule has 0 aliphatic heterocycles. The van der Waals surface area contributed by atoms with E-state index in [1.54, 1.807) is 0 Å². The lowest BCUT2D eigenvalue weighted by Crippen LogP contribution is -2.03. The van der Waals surface area contributed by atoms with Crippen molar-refractivity contribution in [3.63, 3.8) is 0 Å². The smallest absolute Gasteiger partial charge is 0.271 e. The number of aromatic amines is 1. The van der Waals surface area contributed by atoms with E-state index < -0.39 is 0 Å². The molecule has 1 aromatic heterocycles. The number of hydrogen-bond acceptors (Lipinski definition) is 1. The molecule has 3 nitrogen and oxygen atoms in total. The maximum atomic E-state index is 11.5. The van der Waals surface area contributed by atoms with E-state index >= 15 is 0 Å². The van der Waals surface area contributed by atoms with Crippen molar-refractivity contribution in [1.82, 2.24) is 9.78 Å². The summed E-state index contributed by atoms with van der Waals surface area (Å²) in [5.41, 5.74) is 1.07. The highest BCUT2D eigenvalue weighted by molar-refractivity contribution is 5.78. The van der Waals surface area contributed by atoms with E-state index in [0.29, 0.717) is 6.04 Å². The number of nitrogens with zero attached hydrogens (tertiary/aromatic N) is 1. The van der Waals surface area contributed by atoms with Crippen LogP contribution in [0.1, 0.15) is 18.9 Å². The summed E-state index contributed by atoms with van der Waals surface area (Å²) in [5.74, 6) is 0. The highest BCUT2D eigenvalue weighted by Crippen LogP contribution is 2.35. The van der Waals surface area contributed by atoms with E-state index in [2.05, 4.69) is 5.10 Å². The molecule has 1 aliphatic carbocycles. The maximum absolute atomic E-state index is 11.5. The Balaban J connectivity index is 2.40. The average Bonchev–Trinajstić information content (AvgIpc) is 2.94. The van der Waals surface area contributed by atoms with Crippen LogP contribution in [0.4, 0.5) is 0 Å². The van der Waals surface area contributed by atoms with Crippen LogP contribution in [0.25, 0.3) is 10.9 Å². The van der Waals surface area contributed by atoms with Gasteiger partial charge in [-0.3, -0.25) is 14.6 Å². The quantitative estimate of drug-likeness (QED) is 0.701. The molecule has 0 bridgehead atoms. The zero-order valence-electron chi connectivity index (χ0n) is 7.16. The van der Waals surface area contributed by atoms with Crippen LogP contribution in [0, 0.1) is 0 Å². The van der Waals surface area contributed by atoms with Gasteiger partial charge in [0, 0.05) is 0 Å². The summed E-state index contributed by atoms with van der Waals surface area (Å²) in [4.78, 5) is 11.5. The topological polar surface area (TPSA) is 37.8 Å². The standard InChI is InChI=1S/C10H10N2O/c13-10-8-3-1-2-4-9(8)12(11-10)7-5-6-7/h1-4,7H,5-6H2,(H,11,13). The molecule has 1 saturated carbocycles. The Morgan fingerprint density at radius 1 is 1.31 bits per heavy atom. The highest BCUT2D eigenvalue weighted by Gasteiger charge is 2.25. The molecule has 1 heterocycles. The monoisotopic (exact) mass is 174 g/mol. The Kier molecular flexibility index (Phi) is 1.20. The molecule has 1 aromatic carbocycles. The van der Waals surface area contributed by atoms with Gasteiger partial charge in [-0.15, -0.1) is 0 Å². The van der Waals surface area contributed by atoms with Crippen molar-refractivity contribution >= 4 is 10.9 Å². The Labute approximate surface area is 75.0 Å². The third-order valence-electron chi connectivity index (χ3n) is 2.54. The van der Waals surface area contributed by atoms with Gasteiger partial charge in [0.1, 0.15) is 0 Å². The third-order valence-corrected chi connectivity index (χ3v) is 2.54. The summed E-state index contributed by atoms with van der Waals surface area (Å²) in [5, 5.41) is 3.68. The van der Waals surface area contributed by atoms with Gasteiger partial charge >= 0.3 is 0 Å². The molecule has 13 heavy (non-hydrogen) atoms. The van der Waals surface area contributed by atoms with Gasteiger partial charge in [0.2, 0.25) is 0 Å². The fraction of sp³-hybridized carbons (Fsp3) is 0.300. The lowest BCUT2D eigenvalue weighted by Gasteiger charge is -1.99. The fourth-order valence-corrected chi connectivity index (χ4v) is 1.73. The van der Waals surface area contributed by atoms with E-state index in [1.165, 1.54) is 12.8 Å². The first-order valence-corrected chi connectivity index (χ1v) is 4.55. The summed E-state index contributed by atoms with van der Waals surface area (Å²) in [6.07, 6.45) is 2.38. The van der Waals surface area contributed by atoms with E-state index in [9.17, 15) is 4.79 Å². The van der Waals surface area contributed by atoms with Crippen molar-refractivity contribution in [2.24, 2.45) is 0 Å². The van der Waals surface area contributed by atoms with Gasteiger partial charge < -0.3 is 0 Å². The second-order valence-corrected chi connectivity index (χ2v) is 3.56. The second kappa shape index (κ2) is 2.25. The number of benzene rings is 1. The van der Waals surface area contributed by atoms with Crippen LogP contribution < -0.4 is 5.56 Å². The molecule has 3 heteroatoms. The molecule has 3 rings (SSSR count). The summed E-state index contributed by atoms with van der Waals surface area (Å²) < 4.78 is 2.00. The van der Waals surface area contributed by atoms with Gasteiger partial charge in [-0.25, -0.2) is 0 Å². The maximum Gasteiger partial charge on any atom is 0.271 e. The highest BCUT2D eigenvalue weighted by atomic mass is 16.1. The van der Waals surface area contributed by atoms with E-state index in [-0.39, 0.29) is 5.56 Å². The summed E-state index contributed by atoms with van der Waals surface area (Å²) in [6.45, 7) is 0. The van der Waals surface area contributed by atoms with Crippen LogP contribution in [-0.2, 0) is 0 Å². The van der Waals surface area contributed by atoms with Gasteiger partial charge in [-0.1, -0.05) is 12.1 Å². The predicted octanol–water partition coefficient (Wildman–Crippen LogP) is 1.66. The Bertz CT molecular complexity index is 505. The third kappa shape index (κ3) is 0.932. The molecule has 66 valence electrons. The number of fused-ring (bicyclic) bond motifs is 1. The van der Waals surface area contributed by atoms with Crippen LogP contribution in [0.15, 0.2) is 29.1 Å². The number of H-pyrrole nitrogens is 1. The zero-order chi connectivity index (χ0) is 8.84. The zero-order valence-corrected chi connectivity index (χ0v) is 7.16. The SMILES string of the molecule is O=c1[nH]n(C2CC2)c2ccccc12. The minimum absolute atomic E-state index is 0.0301. The second-order valence-electron chi connectivity index (χ2n) is 3.56. The van der Waals surface area contributed by atoms with Crippen molar-refractivity contribution in [3.05, 3.63) is 34.6 Å². The van der Waals surface area contributed by atoms with Gasteiger partial charge in [-0.05, 0) is 25.0 Å². The molecular formula is C10H10N2O. The number of hydrogen-bond donors (Lipinski definition) is 1. The van der Waals surface area contributed by atoms with Gasteiger partial charge in [-0.2, -0.15) is 0 Å². The fourth-order valence-electron chi connectivity index (χ4n) is 1.73. The van der Waals surface area contributed by atoms with Gasteiger partial charge in [0.05, 0.1) is 16.9 Å². The minimum Gasteiger partial charge on any atom is -0.281 e. The predicted molar refractivity (Wildman–Crippen MR) is 50.8 cm³/mol. The summed E-state index contributed by atoms with van der Waals surface area (Å²) in [7, 11) is 0. The van der Waals surface area contributed by atoms with Crippen molar-refractivity contribution in [1.29, 1.82) is 0 Å². The molecule has 0 atom stereocenters. The van der Waals surface area contributed by atoms with E-state index in [0.717, 1.165) is 10.9 Å². The van der Waals surface area contributed by atoms with Gasteiger partial charge in [0.25, 0.3) is 5.56 Å². The van der Waals surface area contributed by atoms with Crippen LogP contribution in [0.2, 0.25) is 0 Å². The molecule has 0 unspecified atom stereocenters. The lowest BCUT2D eigenvalue weighted by atomic mass is 10.2. The molecule has 1 N–H and O–H groups in total. The molecule has 0 amide bonds. The van der Waals surface area contributed by atoms with Crippen molar-refractivity contribution in [2.45, 2.75) is 18.9 Å². The molecule has 2 aromatic rings. The van der Waals surface area contributed by atoms with Crippen molar-refractivity contribution < 1.29 is 0 Å². The van der Waals surface area contributed by atoms with Crippen LogP contribution in [-0.4, -0.2) is 9.78 Å². The van der Waals surface area contributed by atoms with E-state index in [4.69, 9.17) is 0 Å². The van der Waals surface area contributed by atoms with Crippen LogP contribution in [0.5, 0.6) is 0 Å². The Morgan fingerprint density at radius 3 is 2.85 bits per heavy atom. The molecule has 0 saturated heterocycles. The average molecular weight is 174 g/mol. The first kappa shape index (κ1) is 6.95. The summed E-state index contributed by atoms with van der Waals surface area (Å²) >= 11 is 0. The number of aromatic nitrogens is 2. The van der Waals surface area contributed by atoms with Gasteiger partial charge in [0.15, 0.2) is 0 Å². The Hall–Kier alpha value is -1.51. The summed E-state index contributed by atoms with van der Waals surface area (Å²) in [6, 6.07) is 8.26. The molecule has 0 spiro atoms. The molecular weight excluding hydrogens is 164 g/mol. The Morgan fingerprint density at radius 2 is 2.08 bits per heavy atom. The van der Waals surface area contributed by atoms with Crippen molar-refractivity contribution in [3.8, 4) is 0 Å². The molecule has 1 fully saturated rings. The molecule has 1 aliphatic rings. The van der Waals surface area contributed by atoms with Crippen molar-refractivity contribution in [2.75, 3.05) is 0 Å². The number of rotatable bonds is 1. The first-order valence-electron chi connectivity index (χ1n) is 4.55. The lowest BCUT2D eigenvalue weighted by molar-refractivity contribution is 0.658.